The van der Waals surface area contributed by atoms with Crippen LogP contribution in [0.3, 0.4) is 0 Å². The predicted molar refractivity (Wildman–Crippen MR) is 113 cm³/mol. The number of nitrogens with one attached hydrogen (secondary N) is 2. The number of nitrogens with zero attached hydrogens (tertiary/aromatic N) is 3. The third kappa shape index (κ3) is 4.72. The van der Waals surface area contributed by atoms with Crippen LogP contribution in [-0.4, -0.2) is 27.3 Å². The molecule has 1 aromatic carbocycles. The molecule has 0 atom stereocenters. The second kappa shape index (κ2) is 8.74. The Labute approximate surface area is 172 Å². The van der Waals surface area contributed by atoms with Gasteiger partial charge >= 0.3 is 6.03 Å². The Morgan fingerprint density at radius 1 is 1.21 bits per heavy atom. The van der Waals surface area contributed by atoms with E-state index in [-0.39, 0.29) is 6.03 Å². The molecule has 3 aromatic heterocycles. The number of carbonyl (C=O) groups is 1. The Morgan fingerprint density at radius 2 is 2.07 bits per heavy atom. The molecule has 29 heavy (non-hydrogen) atoms. The third-order valence-electron chi connectivity index (χ3n) is 4.29. The van der Waals surface area contributed by atoms with Crippen LogP contribution in [-0.2, 0) is 6.42 Å². The van der Waals surface area contributed by atoms with E-state index in [9.17, 15) is 4.79 Å². The van der Waals surface area contributed by atoms with Gasteiger partial charge in [-0.15, -0.1) is 11.3 Å². The van der Waals surface area contributed by atoms with Crippen LogP contribution in [0, 0.1) is 6.92 Å². The Morgan fingerprint density at radius 3 is 2.86 bits per heavy atom. The summed E-state index contributed by atoms with van der Waals surface area (Å²) in [5.41, 5.74) is 2.79. The van der Waals surface area contributed by atoms with Crippen molar-refractivity contribution in [2.45, 2.75) is 19.8 Å². The number of amides is 2. The summed E-state index contributed by atoms with van der Waals surface area (Å²) in [5.74, 6) is 1.27. The molecule has 0 spiro atoms. The molecule has 2 amide bonds. The SMILES string of the molecule is Cc1cc(NC(=O)NCCCc2ccccc2)n(-c2nc(-c3ccco3)cs2)n1. The second-order valence-corrected chi connectivity index (χ2v) is 7.38. The summed E-state index contributed by atoms with van der Waals surface area (Å²) in [7, 11) is 0. The monoisotopic (exact) mass is 407 g/mol. The van der Waals surface area contributed by atoms with Crippen molar-refractivity contribution in [2.24, 2.45) is 0 Å². The van der Waals surface area contributed by atoms with E-state index >= 15 is 0 Å². The van der Waals surface area contributed by atoms with Crippen molar-refractivity contribution in [3.05, 3.63) is 71.4 Å². The summed E-state index contributed by atoms with van der Waals surface area (Å²) in [6, 6.07) is 15.5. The Hall–Kier alpha value is -3.39. The van der Waals surface area contributed by atoms with Crippen LogP contribution in [0.5, 0.6) is 0 Å². The van der Waals surface area contributed by atoms with Gasteiger partial charge in [0.15, 0.2) is 5.76 Å². The molecule has 0 saturated heterocycles. The van der Waals surface area contributed by atoms with Gasteiger partial charge in [-0.2, -0.15) is 9.78 Å². The highest BCUT2D eigenvalue weighted by Crippen LogP contribution is 2.26. The normalized spacial score (nSPS) is 10.8. The molecule has 2 N–H and O–H groups in total. The summed E-state index contributed by atoms with van der Waals surface area (Å²) in [4.78, 5) is 16.9. The fraction of sp³-hybridized carbons (Fsp3) is 0.190. The summed E-state index contributed by atoms with van der Waals surface area (Å²) in [6.45, 7) is 2.47. The lowest BCUT2D eigenvalue weighted by Crippen LogP contribution is -2.30. The second-order valence-electron chi connectivity index (χ2n) is 6.55. The molecule has 0 aliphatic rings. The number of hydrogen-bond acceptors (Lipinski definition) is 5. The Balaban J connectivity index is 1.36. The number of anilines is 1. The number of hydrogen-bond donors (Lipinski definition) is 2. The molecule has 0 saturated carbocycles. The van der Waals surface area contributed by atoms with Crippen LogP contribution in [0.4, 0.5) is 10.6 Å². The number of urea groups is 1. The van der Waals surface area contributed by atoms with E-state index in [2.05, 4.69) is 32.8 Å². The van der Waals surface area contributed by atoms with E-state index in [0.717, 1.165) is 24.2 Å². The van der Waals surface area contributed by atoms with Crippen LogP contribution in [0.15, 0.2) is 64.6 Å². The van der Waals surface area contributed by atoms with Crippen LogP contribution in [0.2, 0.25) is 0 Å². The van der Waals surface area contributed by atoms with Crippen molar-refractivity contribution in [1.82, 2.24) is 20.1 Å². The van der Waals surface area contributed by atoms with Crippen molar-refractivity contribution in [2.75, 3.05) is 11.9 Å². The summed E-state index contributed by atoms with van der Waals surface area (Å²) >= 11 is 1.43. The largest absolute Gasteiger partial charge is 0.463 e. The van der Waals surface area contributed by atoms with Gasteiger partial charge in [-0.3, -0.25) is 5.32 Å². The first-order valence-electron chi connectivity index (χ1n) is 9.34. The molecule has 4 aromatic rings. The summed E-state index contributed by atoms with van der Waals surface area (Å²) in [5, 5.41) is 12.8. The summed E-state index contributed by atoms with van der Waals surface area (Å²) in [6.07, 6.45) is 3.41. The third-order valence-corrected chi connectivity index (χ3v) is 5.11. The molecule has 3 heterocycles. The highest BCUT2D eigenvalue weighted by atomic mass is 32.1. The molecule has 0 unspecified atom stereocenters. The zero-order valence-corrected chi connectivity index (χ0v) is 16.8. The zero-order valence-electron chi connectivity index (χ0n) is 16.0. The maximum atomic E-state index is 12.3. The maximum absolute atomic E-state index is 12.3. The average molecular weight is 407 g/mol. The predicted octanol–water partition coefficient (Wildman–Crippen LogP) is 4.65. The van der Waals surface area contributed by atoms with Crippen LogP contribution in [0.25, 0.3) is 16.6 Å². The van der Waals surface area contributed by atoms with Crippen molar-refractivity contribution in [3.8, 4) is 16.6 Å². The first kappa shape index (κ1) is 18.9. The van der Waals surface area contributed by atoms with Crippen molar-refractivity contribution in [3.63, 3.8) is 0 Å². The number of carbonyl (C=O) groups excluding carboxylic acids is 1. The quantitative estimate of drug-likeness (QED) is 0.437. The first-order chi connectivity index (χ1) is 14.2. The molecule has 0 fully saturated rings. The van der Waals surface area contributed by atoms with E-state index in [1.165, 1.54) is 16.9 Å². The van der Waals surface area contributed by atoms with Crippen LogP contribution in [0.1, 0.15) is 17.7 Å². The minimum absolute atomic E-state index is 0.262. The van der Waals surface area contributed by atoms with Gasteiger partial charge in [0.2, 0.25) is 5.13 Å². The highest BCUT2D eigenvalue weighted by molar-refractivity contribution is 7.12. The Kier molecular flexibility index (Phi) is 5.71. The van der Waals surface area contributed by atoms with Gasteiger partial charge in [-0.25, -0.2) is 9.78 Å². The van der Waals surface area contributed by atoms with Gasteiger partial charge in [0.1, 0.15) is 11.5 Å². The van der Waals surface area contributed by atoms with Crippen LogP contribution >= 0.6 is 11.3 Å². The summed E-state index contributed by atoms with van der Waals surface area (Å²) < 4.78 is 7.03. The van der Waals surface area contributed by atoms with Crippen molar-refractivity contribution < 1.29 is 9.21 Å². The lowest BCUT2D eigenvalue weighted by Gasteiger charge is -2.08. The van der Waals surface area contributed by atoms with E-state index in [1.807, 2.05) is 48.7 Å². The number of benzene rings is 1. The van der Waals surface area contributed by atoms with E-state index in [0.29, 0.717) is 23.3 Å². The molecule has 148 valence electrons. The van der Waals surface area contributed by atoms with Gasteiger partial charge in [0.25, 0.3) is 0 Å². The van der Waals surface area contributed by atoms with Gasteiger partial charge in [0, 0.05) is 18.0 Å². The van der Waals surface area contributed by atoms with E-state index in [1.54, 1.807) is 10.9 Å². The number of furan rings is 1. The zero-order chi connectivity index (χ0) is 20.1. The first-order valence-corrected chi connectivity index (χ1v) is 10.2. The lowest BCUT2D eigenvalue weighted by atomic mass is 10.1. The molecule has 8 heteroatoms. The molecular weight excluding hydrogens is 386 g/mol. The average Bonchev–Trinajstić information content (AvgIpc) is 3.46. The molecule has 0 radical (unpaired) electrons. The number of thiazole rings is 1. The van der Waals surface area contributed by atoms with Gasteiger partial charge in [-0.1, -0.05) is 30.3 Å². The minimum Gasteiger partial charge on any atom is -0.463 e. The number of aryl methyl sites for hydroxylation is 2. The molecule has 0 aliphatic heterocycles. The molecule has 4 rings (SSSR count). The number of rotatable bonds is 7. The van der Waals surface area contributed by atoms with Gasteiger partial charge in [0.05, 0.1) is 12.0 Å². The molecule has 7 nitrogen and oxygen atoms in total. The van der Waals surface area contributed by atoms with Gasteiger partial charge < -0.3 is 9.73 Å². The highest BCUT2D eigenvalue weighted by Gasteiger charge is 2.15. The van der Waals surface area contributed by atoms with Crippen molar-refractivity contribution in [1.29, 1.82) is 0 Å². The number of aromatic nitrogens is 3. The molecule has 0 aliphatic carbocycles. The minimum atomic E-state index is -0.262. The van der Waals surface area contributed by atoms with Crippen molar-refractivity contribution >= 4 is 23.2 Å². The molecular formula is C21H21N5O2S. The molecule has 0 bridgehead atoms. The lowest BCUT2D eigenvalue weighted by molar-refractivity contribution is 0.252. The van der Waals surface area contributed by atoms with E-state index in [4.69, 9.17) is 4.42 Å². The fourth-order valence-electron chi connectivity index (χ4n) is 2.93. The van der Waals surface area contributed by atoms with E-state index < -0.39 is 0 Å². The topological polar surface area (TPSA) is 85.0 Å². The standard InChI is InChI=1S/C21H21N5O2S/c1-15-13-19(24-20(27)22-11-5-9-16-7-3-2-4-8-16)26(25-15)21-23-17(14-29-21)18-10-6-12-28-18/h2-4,6-8,10,12-14H,5,9,11H2,1H3,(H2,22,24,27). The van der Waals surface area contributed by atoms with Gasteiger partial charge in [-0.05, 0) is 37.5 Å². The fourth-order valence-corrected chi connectivity index (χ4v) is 3.71. The smallest absolute Gasteiger partial charge is 0.320 e. The Bertz CT molecular complexity index is 1070. The van der Waals surface area contributed by atoms with Crippen LogP contribution < -0.4 is 10.6 Å². The maximum Gasteiger partial charge on any atom is 0.320 e.